The Morgan fingerprint density at radius 3 is 2.60 bits per heavy atom. The first-order valence-electron chi connectivity index (χ1n) is 4.59. The molecule has 3 heteroatoms. The van der Waals surface area contributed by atoms with Crippen molar-refractivity contribution in [3.05, 3.63) is 59.7 Å². The van der Waals surface area contributed by atoms with E-state index in [1.165, 1.54) is 12.1 Å². The van der Waals surface area contributed by atoms with Crippen molar-refractivity contribution in [2.45, 2.75) is 0 Å². The molecule has 0 amide bonds. The van der Waals surface area contributed by atoms with Crippen LogP contribution in [-0.2, 0) is 7.05 Å². The fourth-order valence-corrected chi connectivity index (χ4v) is 1.44. The van der Waals surface area contributed by atoms with Gasteiger partial charge < -0.3 is 4.57 Å². The molecule has 0 atom stereocenters. The van der Waals surface area contributed by atoms with Gasteiger partial charge in [-0.25, -0.2) is 4.39 Å². The summed E-state index contributed by atoms with van der Waals surface area (Å²) in [6.07, 6.45) is 3.43. The zero-order valence-electron chi connectivity index (χ0n) is 8.27. The predicted octanol–water partition coefficient (Wildman–Crippen LogP) is 2.40. The molecule has 0 N–H and O–H groups in total. The molecule has 0 fully saturated rings. The minimum absolute atomic E-state index is 0.115. The molecule has 0 aliphatic heterocycles. The van der Waals surface area contributed by atoms with Gasteiger partial charge >= 0.3 is 0 Å². The summed E-state index contributed by atoms with van der Waals surface area (Å²) in [4.78, 5) is 11.8. The first-order chi connectivity index (χ1) is 7.18. The Bertz CT molecular complexity index is 502. The molecule has 2 aromatic rings. The third kappa shape index (κ3) is 1.81. The number of aryl methyl sites for hydroxylation is 1. The second-order valence-corrected chi connectivity index (χ2v) is 3.37. The molecule has 0 bridgehead atoms. The lowest BCUT2D eigenvalue weighted by atomic mass is 10.1. The third-order valence-corrected chi connectivity index (χ3v) is 2.21. The van der Waals surface area contributed by atoms with E-state index in [1.807, 2.05) is 7.05 Å². The fourth-order valence-electron chi connectivity index (χ4n) is 1.44. The van der Waals surface area contributed by atoms with Crippen LogP contribution in [0.1, 0.15) is 15.9 Å². The Kier molecular flexibility index (Phi) is 2.37. The zero-order chi connectivity index (χ0) is 10.8. The summed E-state index contributed by atoms with van der Waals surface area (Å²) in [5.74, 6) is -0.764. The van der Waals surface area contributed by atoms with Gasteiger partial charge in [0, 0.05) is 25.0 Å². The van der Waals surface area contributed by atoms with E-state index in [1.54, 1.807) is 35.2 Å². The number of halogens is 1. The van der Waals surface area contributed by atoms with Gasteiger partial charge in [0.1, 0.15) is 5.82 Å². The lowest BCUT2D eigenvalue weighted by Crippen LogP contribution is -2.02. The number of carbonyl (C=O) groups is 1. The predicted molar refractivity (Wildman–Crippen MR) is 55.2 cm³/mol. The lowest BCUT2D eigenvalue weighted by molar-refractivity contribution is 0.103. The van der Waals surface area contributed by atoms with Crippen molar-refractivity contribution in [3.8, 4) is 0 Å². The summed E-state index contributed by atoms with van der Waals surface area (Å²) in [6, 6.07) is 7.67. The van der Waals surface area contributed by atoms with Crippen LogP contribution in [0.3, 0.4) is 0 Å². The zero-order valence-corrected chi connectivity index (χ0v) is 8.27. The van der Waals surface area contributed by atoms with Crippen molar-refractivity contribution >= 4 is 5.78 Å². The van der Waals surface area contributed by atoms with Crippen LogP contribution in [0.4, 0.5) is 4.39 Å². The molecule has 2 rings (SSSR count). The smallest absolute Gasteiger partial charge is 0.197 e. The molecule has 0 saturated carbocycles. The number of ketones is 1. The maximum atomic E-state index is 13.3. The molecule has 15 heavy (non-hydrogen) atoms. The number of carbonyl (C=O) groups excluding carboxylic acids is 1. The SMILES string of the molecule is Cn1ccc(C(=O)c2ccccc2F)c1. The molecule has 1 heterocycles. The van der Waals surface area contributed by atoms with Gasteiger partial charge in [0.15, 0.2) is 5.78 Å². The highest BCUT2D eigenvalue weighted by molar-refractivity contribution is 6.09. The quantitative estimate of drug-likeness (QED) is 0.687. The van der Waals surface area contributed by atoms with Crippen molar-refractivity contribution in [1.82, 2.24) is 4.57 Å². The molecular formula is C12H10FNO. The molecular weight excluding hydrogens is 193 g/mol. The molecule has 1 aromatic carbocycles. The van der Waals surface area contributed by atoms with E-state index >= 15 is 0 Å². The molecule has 1 aromatic heterocycles. The fraction of sp³-hybridized carbons (Fsp3) is 0.0833. The van der Waals surface area contributed by atoms with Crippen LogP contribution in [0.15, 0.2) is 42.7 Å². The van der Waals surface area contributed by atoms with E-state index in [4.69, 9.17) is 0 Å². The van der Waals surface area contributed by atoms with Gasteiger partial charge in [0.25, 0.3) is 0 Å². The maximum absolute atomic E-state index is 13.3. The van der Waals surface area contributed by atoms with Gasteiger partial charge in [0.2, 0.25) is 0 Å². The van der Waals surface area contributed by atoms with Crippen molar-refractivity contribution < 1.29 is 9.18 Å². The normalized spacial score (nSPS) is 10.3. The summed E-state index contributed by atoms with van der Waals surface area (Å²) in [6.45, 7) is 0. The van der Waals surface area contributed by atoms with Gasteiger partial charge in [-0.2, -0.15) is 0 Å². The van der Waals surface area contributed by atoms with E-state index in [0.717, 1.165) is 0 Å². The van der Waals surface area contributed by atoms with E-state index in [-0.39, 0.29) is 11.3 Å². The molecule has 0 aliphatic carbocycles. The van der Waals surface area contributed by atoms with Gasteiger partial charge in [-0.1, -0.05) is 12.1 Å². The standard InChI is InChI=1S/C12H10FNO/c1-14-7-6-9(8-14)12(15)10-4-2-3-5-11(10)13/h2-8H,1H3. The summed E-state index contributed by atoms with van der Waals surface area (Å²) in [7, 11) is 1.82. The van der Waals surface area contributed by atoms with Crippen LogP contribution in [-0.4, -0.2) is 10.4 Å². The van der Waals surface area contributed by atoms with Gasteiger partial charge in [0.05, 0.1) is 5.56 Å². The molecule has 0 spiro atoms. The van der Waals surface area contributed by atoms with Crippen molar-refractivity contribution in [2.24, 2.45) is 7.05 Å². The number of benzene rings is 1. The topological polar surface area (TPSA) is 22.0 Å². The number of nitrogens with zero attached hydrogens (tertiary/aromatic N) is 1. The molecule has 0 unspecified atom stereocenters. The monoisotopic (exact) mass is 203 g/mol. The molecule has 76 valence electrons. The molecule has 0 radical (unpaired) electrons. The summed E-state index contributed by atoms with van der Waals surface area (Å²) in [5.41, 5.74) is 0.617. The number of aromatic nitrogens is 1. The molecule has 0 aliphatic rings. The minimum Gasteiger partial charge on any atom is -0.357 e. The van der Waals surface area contributed by atoms with Crippen molar-refractivity contribution in [2.75, 3.05) is 0 Å². The summed E-state index contributed by atoms with van der Waals surface area (Å²) < 4.78 is 15.1. The maximum Gasteiger partial charge on any atom is 0.197 e. The Labute approximate surface area is 87.0 Å². The van der Waals surface area contributed by atoms with E-state index in [9.17, 15) is 9.18 Å². The van der Waals surface area contributed by atoms with Crippen LogP contribution in [0.25, 0.3) is 0 Å². The summed E-state index contributed by atoms with van der Waals surface area (Å²) >= 11 is 0. The first kappa shape index (κ1) is 9.65. The number of hydrogen-bond donors (Lipinski definition) is 0. The average Bonchev–Trinajstić information content (AvgIpc) is 2.65. The van der Waals surface area contributed by atoms with Crippen LogP contribution >= 0.6 is 0 Å². The van der Waals surface area contributed by atoms with Crippen molar-refractivity contribution in [3.63, 3.8) is 0 Å². The lowest BCUT2D eigenvalue weighted by Gasteiger charge is -1.99. The first-order valence-corrected chi connectivity index (χ1v) is 4.59. The molecule has 0 saturated heterocycles. The Hall–Kier alpha value is -1.90. The van der Waals surface area contributed by atoms with E-state index in [0.29, 0.717) is 5.56 Å². The Morgan fingerprint density at radius 1 is 1.27 bits per heavy atom. The summed E-state index contributed by atoms with van der Waals surface area (Å²) in [5, 5.41) is 0. The highest BCUT2D eigenvalue weighted by Gasteiger charge is 2.13. The largest absolute Gasteiger partial charge is 0.357 e. The Balaban J connectivity index is 2.41. The van der Waals surface area contributed by atoms with Crippen LogP contribution in [0, 0.1) is 5.82 Å². The number of hydrogen-bond acceptors (Lipinski definition) is 1. The molecule has 2 nitrogen and oxygen atoms in total. The van der Waals surface area contributed by atoms with Crippen LogP contribution in [0.2, 0.25) is 0 Å². The third-order valence-electron chi connectivity index (χ3n) is 2.21. The van der Waals surface area contributed by atoms with E-state index < -0.39 is 5.82 Å². The van der Waals surface area contributed by atoms with Gasteiger partial charge in [-0.05, 0) is 18.2 Å². The Morgan fingerprint density at radius 2 is 2.00 bits per heavy atom. The van der Waals surface area contributed by atoms with Crippen molar-refractivity contribution in [1.29, 1.82) is 0 Å². The van der Waals surface area contributed by atoms with E-state index in [2.05, 4.69) is 0 Å². The average molecular weight is 203 g/mol. The van der Waals surface area contributed by atoms with Crippen LogP contribution < -0.4 is 0 Å². The van der Waals surface area contributed by atoms with Gasteiger partial charge in [-0.15, -0.1) is 0 Å². The number of rotatable bonds is 2. The minimum atomic E-state index is -0.480. The highest BCUT2D eigenvalue weighted by atomic mass is 19.1. The van der Waals surface area contributed by atoms with Gasteiger partial charge in [-0.3, -0.25) is 4.79 Å². The highest BCUT2D eigenvalue weighted by Crippen LogP contribution is 2.13. The second kappa shape index (κ2) is 3.69. The van der Waals surface area contributed by atoms with Crippen LogP contribution in [0.5, 0.6) is 0 Å². The second-order valence-electron chi connectivity index (χ2n) is 3.37.